The first kappa shape index (κ1) is 16.5. The van der Waals surface area contributed by atoms with Gasteiger partial charge in [-0.15, -0.1) is 0 Å². The fourth-order valence-corrected chi connectivity index (χ4v) is 2.53. The molecule has 1 atom stereocenters. The van der Waals surface area contributed by atoms with E-state index in [0.717, 1.165) is 30.5 Å². The summed E-state index contributed by atoms with van der Waals surface area (Å²) in [6.45, 7) is 6.81. The van der Waals surface area contributed by atoms with Crippen molar-refractivity contribution in [3.05, 3.63) is 24.3 Å². The number of rotatable bonds is 5. The number of methoxy groups -OCH3 is 1. The third-order valence-electron chi connectivity index (χ3n) is 4.02. The number of guanidine groups is 1. The fourth-order valence-electron chi connectivity index (χ4n) is 2.53. The molecule has 0 radical (unpaired) electrons. The van der Waals surface area contributed by atoms with Crippen molar-refractivity contribution < 1.29 is 9.47 Å². The largest absolute Gasteiger partial charge is 0.493 e. The van der Waals surface area contributed by atoms with E-state index in [1.54, 1.807) is 7.11 Å². The average molecular weight is 305 g/mol. The van der Waals surface area contributed by atoms with Crippen molar-refractivity contribution in [2.75, 3.05) is 26.7 Å². The summed E-state index contributed by atoms with van der Waals surface area (Å²) in [5.74, 6) is 2.88. The molecule has 1 unspecified atom stereocenters. The van der Waals surface area contributed by atoms with Gasteiger partial charge in [0, 0.05) is 13.1 Å². The van der Waals surface area contributed by atoms with Gasteiger partial charge in [-0.1, -0.05) is 19.1 Å². The first-order valence-corrected chi connectivity index (χ1v) is 7.94. The van der Waals surface area contributed by atoms with E-state index in [-0.39, 0.29) is 6.10 Å². The summed E-state index contributed by atoms with van der Waals surface area (Å²) in [6, 6.07) is 7.63. The van der Waals surface area contributed by atoms with E-state index < -0.39 is 0 Å². The third kappa shape index (κ3) is 4.55. The lowest BCUT2D eigenvalue weighted by Gasteiger charge is -2.31. The van der Waals surface area contributed by atoms with E-state index in [1.807, 2.05) is 31.2 Å². The van der Waals surface area contributed by atoms with Crippen molar-refractivity contribution in [3.8, 4) is 11.5 Å². The van der Waals surface area contributed by atoms with Crippen molar-refractivity contribution in [1.29, 1.82) is 0 Å². The maximum Gasteiger partial charge on any atom is 0.191 e. The minimum atomic E-state index is -0.0569. The molecule has 1 aromatic carbocycles. The minimum Gasteiger partial charge on any atom is -0.493 e. The summed E-state index contributed by atoms with van der Waals surface area (Å²) < 4.78 is 11.2. The van der Waals surface area contributed by atoms with Crippen LogP contribution in [0.25, 0.3) is 0 Å². The number of nitrogens with zero attached hydrogens (tertiary/aromatic N) is 2. The molecule has 0 aliphatic carbocycles. The topological polar surface area (TPSA) is 60.1 Å². The van der Waals surface area contributed by atoms with Crippen LogP contribution in [0.4, 0.5) is 0 Å². The molecule has 1 aliphatic rings. The summed E-state index contributed by atoms with van der Waals surface area (Å²) >= 11 is 0. The van der Waals surface area contributed by atoms with Gasteiger partial charge in [-0.05, 0) is 37.8 Å². The number of hydrogen-bond donors (Lipinski definition) is 1. The lowest BCUT2D eigenvalue weighted by atomic mass is 10.00. The second kappa shape index (κ2) is 7.92. The zero-order chi connectivity index (χ0) is 15.9. The minimum absolute atomic E-state index is 0.0569. The molecule has 5 heteroatoms. The molecule has 2 rings (SSSR count). The summed E-state index contributed by atoms with van der Waals surface area (Å²) in [6.07, 6.45) is 2.31. The SMILES string of the molecule is COc1ccccc1OC(C)CN=C(N)N1CCC(C)CC1. The Bertz CT molecular complexity index is 496. The number of nitrogens with two attached hydrogens (primary N) is 1. The van der Waals surface area contributed by atoms with E-state index in [4.69, 9.17) is 15.2 Å². The summed E-state index contributed by atoms with van der Waals surface area (Å²) in [4.78, 5) is 6.64. The zero-order valence-electron chi connectivity index (χ0n) is 13.8. The van der Waals surface area contributed by atoms with Crippen LogP contribution in [0.1, 0.15) is 26.7 Å². The van der Waals surface area contributed by atoms with Crippen LogP contribution in [0.3, 0.4) is 0 Å². The van der Waals surface area contributed by atoms with Crippen molar-refractivity contribution in [3.63, 3.8) is 0 Å². The van der Waals surface area contributed by atoms with E-state index in [2.05, 4.69) is 16.8 Å². The number of hydrogen-bond acceptors (Lipinski definition) is 3. The van der Waals surface area contributed by atoms with Gasteiger partial charge in [0.05, 0.1) is 13.7 Å². The van der Waals surface area contributed by atoms with E-state index in [0.29, 0.717) is 12.5 Å². The van der Waals surface area contributed by atoms with Gasteiger partial charge in [-0.3, -0.25) is 0 Å². The van der Waals surface area contributed by atoms with Crippen molar-refractivity contribution in [2.24, 2.45) is 16.6 Å². The molecule has 22 heavy (non-hydrogen) atoms. The van der Waals surface area contributed by atoms with Gasteiger partial charge in [0.15, 0.2) is 17.5 Å². The number of piperidine rings is 1. The highest BCUT2D eigenvalue weighted by Gasteiger charge is 2.17. The number of benzene rings is 1. The molecule has 1 saturated heterocycles. The molecule has 0 bridgehead atoms. The predicted octanol–water partition coefficient (Wildman–Crippen LogP) is 2.51. The third-order valence-corrected chi connectivity index (χ3v) is 4.02. The smallest absolute Gasteiger partial charge is 0.191 e. The maximum absolute atomic E-state index is 6.09. The first-order chi connectivity index (χ1) is 10.6. The number of likely N-dealkylation sites (tertiary alicyclic amines) is 1. The highest BCUT2D eigenvalue weighted by atomic mass is 16.5. The molecular weight excluding hydrogens is 278 g/mol. The van der Waals surface area contributed by atoms with Gasteiger partial charge >= 0.3 is 0 Å². The molecule has 0 saturated carbocycles. The molecule has 0 spiro atoms. The average Bonchev–Trinajstić information content (AvgIpc) is 2.54. The first-order valence-electron chi connectivity index (χ1n) is 7.94. The van der Waals surface area contributed by atoms with Crippen molar-refractivity contribution in [2.45, 2.75) is 32.8 Å². The number of ether oxygens (including phenoxy) is 2. The molecule has 1 fully saturated rings. The lowest BCUT2D eigenvalue weighted by Crippen LogP contribution is -2.43. The van der Waals surface area contributed by atoms with Crippen molar-refractivity contribution >= 4 is 5.96 Å². The maximum atomic E-state index is 6.09. The molecule has 5 nitrogen and oxygen atoms in total. The van der Waals surface area contributed by atoms with Gasteiger partial charge in [0.2, 0.25) is 0 Å². The molecule has 122 valence electrons. The monoisotopic (exact) mass is 305 g/mol. The molecule has 1 aliphatic heterocycles. The van der Waals surface area contributed by atoms with Gasteiger partial charge in [0.25, 0.3) is 0 Å². The number of aliphatic imine (C=N–C) groups is 1. The highest BCUT2D eigenvalue weighted by molar-refractivity contribution is 5.78. The second-order valence-corrected chi connectivity index (χ2v) is 5.95. The van der Waals surface area contributed by atoms with Crippen LogP contribution in [0.5, 0.6) is 11.5 Å². The molecule has 1 aromatic rings. The van der Waals surface area contributed by atoms with E-state index in [1.165, 1.54) is 12.8 Å². The molecule has 2 N–H and O–H groups in total. The molecule has 1 heterocycles. The molecular formula is C17H27N3O2. The fraction of sp³-hybridized carbons (Fsp3) is 0.588. The van der Waals surface area contributed by atoms with Crippen LogP contribution in [0.2, 0.25) is 0 Å². The molecule has 0 aromatic heterocycles. The Morgan fingerprint density at radius 1 is 1.32 bits per heavy atom. The quantitative estimate of drug-likeness (QED) is 0.671. The second-order valence-electron chi connectivity index (χ2n) is 5.95. The van der Waals surface area contributed by atoms with Crippen LogP contribution in [-0.2, 0) is 0 Å². The Labute approximate surface area is 133 Å². The van der Waals surface area contributed by atoms with Crippen LogP contribution in [0, 0.1) is 5.92 Å². The Balaban J connectivity index is 1.86. The Morgan fingerprint density at radius 3 is 2.59 bits per heavy atom. The van der Waals surface area contributed by atoms with Crippen LogP contribution in [0.15, 0.2) is 29.3 Å². The number of para-hydroxylation sites is 2. The Morgan fingerprint density at radius 2 is 1.95 bits per heavy atom. The Hall–Kier alpha value is -1.91. The van der Waals surface area contributed by atoms with Gasteiger partial charge in [0.1, 0.15) is 6.10 Å². The van der Waals surface area contributed by atoms with E-state index in [9.17, 15) is 0 Å². The van der Waals surface area contributed by atoms with Gasteiger partial charge < -0.3 is 20.1 Å². The van der Waals surface area contributed by atoms with E-state index >= 15 is 0 Å². The summed E-state index contributed by atoms with van der Waals surface area (Å²) in [7, 11) is 1.64. The van der Waals surface area contributed by atoms with Crippen molar-refractivity contribution in [1.82, 2.24) is 4.90 Å². The van der Waals surface area contributed by atoms with Crippen LogP contribution >= 0.6 is 0 Å². The van der Waals surface area contributed by atoms with Crippen LogP contribution < -0.4 is 15.2 Å². The summed E-state index contributed by atoms with van der Waals surface area (Å²) in [5.41, 5.74) is 6.09. The standard InChI is InChI=1S/C17H27N3O2/c1-13-8-10-20(11-9-13)17(18)19-12-14(2)22-16-7-5-4-6-15(16)21-3/h4-7,13-14H,8-12H2,1-3H3,(H2,18,19). The highest BCUT2D eigenvalue weighted by Crippen LogP contribution is 2.26. The molecule has 0 amide bonds. The van der Waals surface area contributed by atoms with Gasteiger partial charge in [-0.25, -0.2) is 4.99 Å². The lowest BCUT2D eigenvalue weighted by molar-refractivity contribution is 0.218. The van der Waals surface area contributed by atoms with Crippen LogP contribution in [-0.4, -0.2) is 43.7 Å². The zero-order valence-corrected chi connectivity index (χ0v) is 13.8. The predicted molar refractivity (Wildman–Crippen MR) is 89.5 cm³/mol. The summed E-state index contributed by atoms with van der Waals surface area (Å²) in [5, 5.41) is 0. The normalized spacial score (nSPS) is 18.1. The Kier molecular flexibility index (Phi) is 5.92. The van der Waals surface area contributed by atoms with Gasteiger partial charge in [-0.2, -0.15) is 0 Å².